The number of rotatable bonds is 2. The van der Waals surface area contributed by atoms with Gasteiger partial charge in [-0.25, -0.2) is 0 Å². The Hall–Kier alpha value is -0.870. The molecule has 0 aromatic heterocycles. The zero-order valence-corrected chi connectivity index (χ0v) is 8.41. The fraction of sp³-hybridized carbons (Fsp3) is 0.700. The van der Waals surface area contributed by atoms with Crippen LogP contribution in [-0.4, -0.2) is 61.5 Å². The van der Waals surface area contributed by atoms with E-state index in [9.17, 15) is 4.79 Å². The van der Waals surface area contributed by atoms with E-state index in [1.165, 1.54) is 0 Å². The molecule has 0 radical (unpaired) electrons. The summed E-state index contributed by atoms with van der Waals surface area (Å²) >= 11 is 0. The van der Waals surface area contributed by atoms with E-state index in [0.29, 0.717) is 6.54 Å². The second-order valence-electron chi connectivity index (χ2n) is 3.80. The number of piperazine rings is 1. The lowest BCUT2D eigenvalue weighted by Crippen LogP contribution is -2.48. The number of carbonyl (C=O) groups excluding carboxylic acids is 1. The molecule has 1 amide bonds. The Bertz CT molecular complexity index is 226. The fourth-order valence-electron chi connectivity index (χ4n) is 1.84. The summed E-state index contributed by atoms with van der Waals surface area (Å²) < 4.78 is 0. The second-order valence-corrected chi connectivity index (χ2v) is 3.80. The van der Waals surface area contributed by atoms with E-state index in [0.717, 1.165) is 39.3 Å². The largest absolute Gasteiger partial charge is 0.334 e. The molecule has 2 rings (SSSR count). The van der Waals surface area contributed by atoms with Crippen LogP contribution >= 0.6 is 0 Å². The summed E-state index contributed by atoms with van der Waals surface area (Å²) in [6.45, 7) is 6.18. The normalized spacial score (nSPS) is 23.0. The van der Waals surface area contributed by atoms with Gasteiger partial charge in [-0.1, -0.05) is 12.2 Å². The summed E-state index contributed by atoms with van der Waals surface area (Å²) in [5.74, 6) is 0.261. The Morgan fingerprint density at radius 1 is 1.21 bits per heavy atom. The van der Waals surface area contributed by atoms with Gasteiger partial charge < -0.3 is 10.2 Å². The molecule has 2 aliphatic rings. The third kappa shape index (κ3) is 2.33. The molecule has 0 aromatic rings. The molecule has 1 N–H and O–H groups in total. The van der Waals surface area contributed by atoms with Crippen LogP contribution in [0, 0.1) is 0 Å². The third-order valence-corrected chi connectivity index (χ3v) is 2.74. The molecule has 0 aliphatic carbocycles. The quantitative estimate of drug-likeness (QED) is 0.591. The Morgan fingerprint density at radius 3 is 2.50 bits per heavy atom. The zero-order chi connectivity index (χ0) is 9.80. The minimum atomic E-state index is 0.261. The van der Waals surface area contributed by atoms with Crippen molar-refractivity contribution in [1.82, 2.24) is 15.1 Å². The summed E-state index contributed by atoms with van der Waals surface area (Å²) in [5.41, 5.74) is 0. The van der Waals surface area contributed by atoms with Gasteiger partial charge in [0.2, 0.25) is 5.91 Å². The van der Waals surface area contributed by atoms with Crippen LogP contribution in [0.1, 0.15) is 0 Å². The van der Waals surface area contributed by atoms with Crippen molar-refractivity contribution >= 4 is 5.91 Å². The highest BCUT2D eigenvalue weighted by molar-refractivity contribution is 5.79. The van der Waals surface area contributed by atoms with E-state index in [2.05, 4.69) is 22.4 Å². The Labute approximate surface area is 84.6 Å². The summed E-state index contributed by atoms with van der Waals surface area (Å²) in [4.78, 5) is 15.8. The summed E-state index contributed by atoms with van der Waals surface area (Å²) in [6, 6.07) is 0. The van der Waals surface area contributed by atoms with Crippen molar-refractivity contribution in [3.05, 3.63) is 12.2 Å². The first-order valence-corrected chi connectivity index (χ1v) is 5.22. The zero-order valence-electron chi connectivity index (χ0n) is 8.41. The van der Waals surface area contributed by atoms with Gasteiger partial charge in [-0.2, -0.15) is 0 Å². The van der Waals surface area contributed by atoms with Gasteiger partial charge in [0.1, 0.15) is 0 Å². The lowest BCUT2D eigenvalue weighted by atomic mass is 10.3. The lowest BCUT2D eigenvalue weighted by molar-refractivity contribution is -0.131. The second kappa shape index (κ2) is 4.57. The predicted molar refractivity (Wildman–Crippen MR) is 55.0 cm³/mol. The van der Waals surface area contributed by atoms with Gasteiger partial charge in [0.25, 0.3) is 0 Å². The van der Waals surface area contributed by atoms with Gasteiger partial charge in [0, 0.05) is 39.3 Å². The first-order chi connectivity index (χ1) is 6.86. The average Bonchev–Trinajstić information content (AvgIpc) is 2.72. The van der Waals surface area contributed by atoms with Crippen LogP contribution in [0.2, 0.25) is 0 Å². The maximum atomic E-state index is 11.7. The number of hydrogen-bond acceptors (Lipinski definition) is 3. The molecule has 0 saturated carbocycles. The summed E-state index contributed by atoms with van der Waals surface area (Å²) in [7, 11) is 0. The van der Waals surface area contributed by atoms with Crippen molar-refractivity contribution in [3.63, 3.8) is 0 Å². The molecule has 0 unspecified atom stereocenters. The number of nitrogens with zero attached hydrogens (tertiary/aromatic N) is 2. The van der Waals surface area contributed by atoms with Crippen LogP contribution in [0.25, 0.3) is 0 Å². The van der Waals surface area contributed by atoms with Crippen LogP contribution in [-0.2, 0) is 4.79 Å². The Kier molecular flexibility index (Phi) is 3.16. The first-order valence-electron chi connectivity index (χ1n) is 5.22. The molecule has 0 bridgehead atoms. The molecule has 2 heterocycles. The number of amides is 1. The molecule has 1 fully saturated rings. The predicted octanol–water partition coefficient (Wildman–Crippen LogP) is -0.710. The van der Waals surface area contributed by atoms with Gasteiger partial charge in [0.05, 0.1) is 6.54 Å². The van der Waals surface area contributed by atoms with Crippen LogP contribution in [0.5, 0.6) is 0 Å². The van der Waals surface area contributed by atoms with Gasteiger partial charge in [-0.05, 0) is 0 Å². The lowest BCUT2D eigenvalue weighted by Gasteiger charge is -2.28. The highest BCUT2D eigenvalue weighted by Gasteiger charge is 2.18. The van der Waals surface area contributed by atoms with E-state index in [1.807, 2.05) is 4.90 Å². The molecule has 78 valence electrons. The number of carbonyl (C=O) groups is 1. The molecule has 0 aromatic carbocycles. The van der Waals surface area contributed by atoms with Crippen LogP contribution < -0.4 is 5.32 Å². The molecule has 4 heteroatoms. The summed E-state index contributed by atoms with van der Waals surface area (Å²) in [5, 5.41) is 3.28. The molecular formula is C10H17N3O. The average molecular weight is 195 g/mol. The number of hydrogen-bond donors (Lipinski definition) is 1. The molecule has 1 saturated heterocycles. The van der Waals surface area contributed by atoms with Crippen molar-refractivity contribution in [2.45, 2.75) is 0 Å². The van der Waals surface area contributed by atoms with Crippen molar-refractivity contribution in [1.29, 1.82) is 0 Å². The molecule has 2 aliphatic heterocycles. The summed E-state index contributed by atoms with van der Waals surface area (Å²) in [6.07, 6.45) is 4.10. The SMILES string of the molecule is O=C(CN1CCNCC1)N1CC=CC1. The van der Waals surface area contributed by atoms with E-state index in [-0.39, 0.29) is 5.91 Å². The van der Waals surface area contributed by atoms with Crippen LogP contribution in [0.15, 0.2) is 12.2 Å². The van der Waals surface area contributed by atoms with Crippen molar-refractivity contribution < 1.29 is 4.79 Å². The standard InChI is InChI=1S/C10H17N3O/c14-10(13-5-1-2-6-13)9-12-7-3-11-4-8-12/h1-2,11H,3-9H2. The van der Waals surface area contributed by atoms with Gasteiger partial charge in [0.15, 0.2) is 0 Å². The maximum absolute atomic E-state index is 11.7. The number of nitrogens with one attached hydrogen (secondary N) is 1. The Morgan fingerprint density at radius 2 is 1.86 bits per heavy atom. The molecule has 4 nitrogen and oxygen atoms in total. The van der Waals surface area contributed by atoms with Crippen molar-refractivity contribution in [2.24, 2.45) is 0 Å². The van der Waals surface area contributed by atoms with E-state index < -0.39 is 0 Å². The fourth-order valence-corrected chi connectivity index (χ4v) is 1.84. The van der Waals surface area contributed by atoms with E-state index in [4.69, 9.17) is 0 Å². The van der Waals surface area contributed by atoms with Gasteiger partial charge in [-0.15, -0.1) is 0 Å². The monoisotopic (exact) mass is 195 g/mol. The minimum Gasteiger partial charge on any atom is -0.334 e. The maximum Gasteiger partial charge on any atom is 0.237 e. The van der Waals surface area contributed by atoms with Gasteiger partial charge in [-0.3, -0.25) is 9.69 Å². The van der Waals surface area contributed by atoms with E-state index in [1.54, 1.807) is 0 Å². The van der Waals surface area contributed by atoms with Crippen molar-refractivity contribution in [2.75, 3.05) is 45.8 Å². The highest BCUT2D eigenvalue weighted by atomic mass is 16.2. The van der Waals surface area contributed by atoms with Crippen LogP contribution in [0.4, 0.5) is 0 Å². The third-order valence-electron chi connectivity index (χ3n) is 2.74. The van der Waals surface area contributed by atoms with Gasteiger partial charge >= 0.3 is 0 Å². The smallest absolute Gasteiger partial charge is 0.237 e. The molecule has 0 spiro atoms. The minimum absolute atomic E-state index is 0.261. The topological polar surface area (TPSA) is 35.6 Å². The highest BCUT2D eigenvalue weighted by Crippen LogP contribution is 2.01. The first kappa shape index (κ1) is 9.68. The van der Waals surface area contributed by atoms with Crippen LogP contribution in [0.3, 0.4) is 0 Å². The van der Waals surface area contributed by atoms with E-state index >= 15 is 0 Å². The molecule has 14 heavy (non-hydrogen) atoms. The van der Waals surface area contributed by atoms with Crippen molar-refractivity contribution in [3.8, 4) is 0 Å². The molecular weight excluding hydrogens is 178 g/mol. The molecule has 0 atom stereocenters. The Balaban J connectivity index is 1.75.